The van der Waals surface area contributed by atoms with Crippen molar-refractivity contribution < 1.29 is 14.5 Å². The Morgan fingerprint density at radius 1 is 1.17 bits per heavy atom. The van der Waals surface area contributed by atoms with Gasteiger partial charge in [0.05, 0.1) is 17.6 Å². The van der Waals surface area contributed by atoms with Crippen LogP contribution in [0.4, 0.5) is 5.69 Å². The highest BCUT2D eigenvalue weighted by atomic mass is 16.6. The van der Waals surface area contributed by atoms with E-state index in [2.05, 4.69) is 0 Å². The number of rotatable bonds is 4. The van der Waals surface area contributed by atoms with Crippen molar-refractivity contribution in [1.82, 2.24) is 4.57 Å². The summed E-state index contributed by atoms with van der Waals surface area (Å²) in [6, 6.07) is 13.8. The van der Waals surface area contributed by atoms with E-state index in [1.165, 1.54) is 19.2 Å². The molecule has 0 bridgehead atoms. The molecular formula is C17H14N2O4. The van der Waals surface area contributed by atoms with Crippen LogP contribution in [0.3, 0.4) is 0 Å². The van der Waals surface area contributed by atoms with Crippen LogP contribution in [0.5, 0.6) is 0 Å². The summed E-state index contributed by atoms with van der Waals surface area (Å²) in [6.45, 7) is 0.562. The minimum atomic E-state index is -0.419. The standard InChI is InChI=1S/C17H14N2O4/c1-23-17(20)14-5-4-13-8-9-18(16(13)10-14)11-12-2-6-15(7-3-12)19(21)22/h2-10H,11H2,1H3. The summed E-state index contributed by atoms with van der Waals surface area (Å²) in [5, 5.41) is 11.7. The zero-order chi connectivity index (χ0) is 16.4. The molecule has 3 rings (SSSR count). The smallest absolute Gasteiger partial charge is 0.337 e. The fourth-order valence-electron chi connectivity index (χ4n) is 2.49. The number of hydrogen-bond donors (Lipinski definition) is 0. The predicted octanol–water partition coefficient (Wildman–Crippen LogP) is 3.38. The molecule has 0 spiro atoms. The second kappa shape index (κ2) is 5.92. The van der Waals surface area contributed by atoms with Crippen molar-refractivity contribution in [2.24, 2.45) is 0 Å². The third-order valence-corrected chi connectivity index (χ3v) is 3.70. The molecule has 0 radical (unpaired) electrons. The normalized spacial score (nSPS) is 10.7. The summed E-state index contributed by atoms with van der Waals surface area (Å²) in [6.07, 6.45) is 1.92. The molecule has 0 aliphatic carbocycles. The van der Waals surface area contributed by atoms with Gasteiger partial charge in [-0.1, -0.05) is 18.2 Å². The lowest BCUT2D eigenvalue weighted by Crippen LogP contribution is -2.02. The Balaban J connectivity index is 1.93. The molecule has 2 aromatic carbocycles. The first-order chi connectivity index (χ1) is 11.1. The van der Waals surface area contributed by atoms with Gasteiger partial charge in [-0.05, 0) is 29.1 Å². The Bertz CT molecular complexity index is 881. The summed E-state index contributed by atoms with van der Waals surface area (Å²) in [5.41, 5.74) is 2.41. The number of ether oxygens (including phenoxy) is 1. The number of nitrogens with zero attached hydrogens (tertiary/aromatic N) is 2. The van der Waals surface area contributed by atoms with E-state index in [4.69, 9.17) is 4.74 Å². The number of carbonyl (C=O) groups excluding carboxylic acids is 1. The molecule has 0 unspecified atom stereocenters. The third-order valence-electron chi connectivity index (χ3n) is 3.70. The summed E-state index contributed by atoms with van der Waals surface area (Å²) in [7, 11) is 1.35. The first-order valence-corrected chi connectivity index (χ1v) is 6.99. The van der Waals surface area contributed by atoms with Gasteiger partial charge in [-0.3, -0.25) is 10.1 Å². The molecule has 0 atom stereocenters. The largest absolute Gasteiger partial charge is 0.465 e. The number of methoxy groups -OCH3 is 1. The molecule has 0 amide bonds. The number of fused-ring (bicyclic) bond motifs is 1. The number of hydrogen-bond acceptors (Lipinski definition) is 4. The van der Waals surface area contributed by atoms with Crippen LogP contribution in [0.25, 0.3) is 10.9 Å². The predicted molar refractivity (Wildman–Crippen MR) is 85.5 cm³/mol. The Labute approximate surface area is 132 Å². The summed E-state index contributed by atoms with van der Waals surface area (Å²) < 4.78 is 6.73. The van der Waals surface area contributed by atoms with Gasteiger partial charge in [-0.2, -0.15) is 0 Å². The van der Waals surface area contributed by atoms with Gasteiger partial charge in [0, 0.05) is 30.4 Å². The third kappa shape index (κ3) is 2.91. The number of nitro groups is 1. The zero-order valence-electron chi connectivity index (χ0n) is 12.4. The van der Waals surface area contributed by atoms with Gasteiger partial charge in [0.2, 0.25) is 0 Å². The van der Waals surface area contributed by atoms with E-state index in [9.17, 15) is 14.9 Å². The van der Waals surface area contributed by atoms with E-state index < -0.39 is 4.92 Å². The lowest BCUT2D eigenvalue weighted by Gasteiger charge is -2.07. The highest BCUT2D eigenvalue weighted by Crippen LogP contribution is 2.20. The van der Waals surface area contributed by atoms with Crippen LogP contribution >= 0.6 is 0 Å². The van der Waals surface area contributed by atoms with E-state index >= 15 is 0 Å². The van der Waals surface area contributed by atoms with Crippen molar-refractivity contribution >= 4 is 22.6 Å². The zero-order valence-corrected chi connectivity index (χ0v) is 12.4. The molecule has 0 N–H and O–H groups in total. The number of aromatic nitrogens is 1. The molecule has 0 aliphatic rings. The van der Waals surface area contributed by atoms with Crippen molar-refractivity contribution in [1.29, 1.82) is 0 Å². The van der Waals surface area contributed by atoms with E-state index in [1.807, 2.05) is 22.9 Å². The molecule has 6 nitrogen and oxygen atoms in total. The molecule has 0 fully saturated rings. The van der Waals surface area contributed by atoms with Crippen molar-refractivity contribution in [2.45, 2.75) is 6.54 Å². The fourth-order valence-corrected chi connectivity index (χ4v) is 2.49. The summed E-state index contributed by atoms with van der Waals surface area (Å²) >= 11 is 0. The first-order valence-electron chi connectivity index (χ1n) is 6.99. The van der Waals surface area contributed by atoms with Crippen LogP contribution in [-0.2, 0) is 11.3 Å². The first kappa shape index (κ1) is 14.8. The van der Waals surface area contributed by atoms with Gasteiger partial charge in [0.15, 0.2) is 0 Å². The van der Waals surface area contributed by atoms with Gasteiger partial charge in [-0.15, -0.1) is 0 Å². The van der Waals surface area contributed by atoms with E-state index in [0.29, 0.717) is 12.1 Å². The average Bonchev–Trinajstić information content (AvgIpc) is 2.97. The number of esters is 1. The molecule has 0 saturated carbocycles. The van der Waals surface area contributed by atoms with E-state index in [-0.39, 0.29) is 11.7 Å². The molecule has 116 valence electrons. The second-order valence-corrected chi connectivity index (χ2v) is 5.13. The highest BCUT2D eigenvalue weighted by molar-refractivity contribution is 5.94. The maximum Gasteiger partial charge on any atom is 0.337 e. The number of carbonyl (C=O) groups is 1. The van der Waals surface area contributed by atoms with Gasteiger partial charge in [0.25, 0.3) is 5.69 Å². The molecule has 6 heteroatoms. The van der Waals surface area contributed by atoms with Crippen LogP contribution in [0, 0.1) is 10.1 Å². The fraction of sp³-hybridized carbons (Fsp3) is 0.118. The topological polar surface area (TPSA) is 74.4 Å². The van der Waals surface area contributed by atoms with Crippen molar-refractivity contribution in [2.75, 3.05) is 7.11 Å². The Hall–Kier alpha value is -3.15. The van der Waals surface area contributed by atoms with Crippen LogP contribution in [-0.4, -0.2) is 22.6 Å². The van der Waals surface area contributed by atoms with Gasteiger partial charge in [-0.25, -0.2) is 4.79 Å². The van der Waals surface area contributed by atoms with Gasteiger partial charge < -0.3 is 9.30 Å². The second-order valence-electron chi connectivity index (χ2n) is 5.13. The Morgan fingerprint density at radius 2 is 1.91 bits per heavy atom. The van der Waals surface area contributed by atoms with Crippen molar-refractivity contribution in [3.05, 3.63) is 76.0 Å². The SMILES string of the molecule is COC(=O)c1ccc2ccn(Cc3ccc([N+](=O)[O-])cc3)c2c1. The van der Waals surface area contributed by atoms with Crippen molar-refractivity contribution in [3.8, 4) is 0 Å². The molecular weight excluding hydrogens is 296 g/mol. The van der Waals surface area contributed by atoms with Gasteiger partial charge in [0.1, 0.15) is 0 Å². The highest BCUT2D eigenvalue weighted by Gasteiger charge is 2.09. The Kier molecular flexibility index (Phi) is 3.80. The summed E-state index contributed by atoms with van der Waals surface area (Å²) in [5.74, 6) is -0.380. The summed E-state index contributed by atoms with van der Waals surface area (Å²) in [4.78, 5) is 21.9. The molecule has 23 heavy (non-hydrogen) atoms. The molecule has 1 heterocycles. The van der Waals surface area contributed by atoms with E-state index in [0.717, 1.165) is 16.5 Å². The van der Waals surface area contributed by atoms with Crippen LogP contribution in [0.1, 0.15) is 15.9 Å². The maximum absolute atomic E-state index is 11.7. The Morgan fingerprint density at radius 3 is 2.57 bits per heavy atom. The van der Waals surface area contributed by atoms with Crippen LogP contribution in [0.15, 0.2) is 54.7 Å². The average molecular weight is 310 g/mol. The molecule has 0 saturated heterocycles. The number of benzene rings is 2. The number of nitro benzene ring substituents is 1. The van der Waals surface area contributed by atoms with E-state index in [1.54, 1.807) is 24.3 Å². The molecule has 1 aromatic heterocycles. The minimum absolute atomic E-state index is 0.0686. The van der Waals surface area contributed by atoms with Crippen molar-refractivity contribution in [3.63, 3.8) is 0 Å². The minimum Gasteiger partial charge on any atom is -0.465 e. The quantitative estimate of drug-likeness (QED) is 0.420. The monoisotopic (exact) mass is 310 g/mol. The van der Waals surface area contributed by atoms with Crippen LogP contribution < -0.4 is 0 Å². The van der Waals surface area contributed by atoms with Gasteiger partial charge >= 0.3 is 5.97 Å². The lowest BCUT2D eigenvalue weighted by molar-refractivity contribution is -0.384. The lowest BCUT2D eigenvalue weighted by atomic mass is 10.1. The number of non-ortho nitro benzene ring substituents is 1. The van der Waals surface area contributed by atoms with Crippen LogP contribution in [0.2, 0.25) is 0 Å². The molecule has 3 aromatic rings. The molecule has 0 aliphatic heterocycles. The maximum atomic E-state index is 11.7.